The molecule has 21 heavy (non-hydrogen) atoms. The van der Waals surface area contributed by atoms with Gasteiger partial charge in [0, 0.05) is 22.2 Å². The number of amides is 1. The van der Waals surface area contributed by atoms with Crippen molar-refractivity contribution in [3.05, 3.63) is 60.7 Å². The zero-order valence-electron chi connectivity index (χ0n) is 11.3. The van der Waals surface area contributed by atoms with Crippen molar-refractivity contribution >= 4 is 22.6 Å². The summed E-state index contributed by atoms with van der Waals surface area (Å²) in [7, 11) is -0.734. The molecule has 0 N–H and O–H groups in total. The van der Waals surface area contributed by atoms with Gasteiger partial charge in [0.15, 0.2) is 0 Å². The Labute approximate surface area is 125 Å². The van der Waals surface area contributed by atoms with Gasteiger partial charge < -0.3 is 9.90 Å². The van der Waals surface area contributed by atoms with E-state index in [0.717, 1.165) is 9.79 Å². The van der Waals surface area contributed by atoms with E-state index in [4.69, 9.17) is 0 Å². The van der Waals surface area contributed by atoms with E-state index in [1.807, 2.05) is 60.7 Å². The predicted molar refractivity (Wildman–Crippen MR) is 78.5 cm³/mol. The van der Waals surface area contributed by atoms with Crippen molar-refractivity contribution in [3.63, 3.8) is 0 Å². The number of carboxylic acids is 1. The Morgan fingerprint density at radius 1 is 0.857 bits per heavy atom. The molecule has 0 radical (unpaired) electrons. The summed E-state index contributed by atoms with van der Waals surface area (Å²) in [5.41, 5.74) is 0. The Morgan fingerprint density at radius 3 is 1.76 bits per heavy atom. The highest BCUT2D eigenvalue weighted by molar-refractivity contribution is 7.87. The highest BCUT2D eigenvalue weighted by atomic mass is 32.2. The Morgan fingerprint density at radius 2 is 1.33 bits per heavy atom. The first-order valence-electron chi connectivity index (χ1n) is 6.46. The third-order valence-electron chi connectivity index (χ3n) is 2.67. The molecular weight excluding hydrogens is 286 g/mol. The average Bonchev–Trinajstić information content (AvgIpc) is 2.52. The summed E-state index contributed by atoms with van der Waals surface area (Å²) in [4.78, 5) is 24.1. The van der Waals surface area contributed by atoms with E-state index in [1.165, 1.54) is 0 Å². The number of carboxylic acid groups (broad SMARTS) is 1. The average molecular weight is 300 g/mol. The van der Waals surface area contributed by atoms with Crippen LogP contribution in [-0.2, 0) is 20.3 Å². The smallest absolute Gasteiger partial charge is 0.252 e. The van der Waals surface area contributed by atoms with Crippen molar-refractivity contribution < 1.29 is 14.7 Å². The molecule has 1 amide bonds. The van der Waals surface area contributed by atoms with Crippen molar-refractivity contribution in [2.75, 3.05) is 0 Å². The second kappa shape index (κ2) is 7.50. The highest BCUT2D eigenvalue weighted by Crippen LogP contribution is 2.19. The standard InChI is InChI=1S/C16H15NO3S/c18-15(11-12-16(19)20)17-21(13-7-3-1-4-8-13)14-9-5-2-6-10-14/h1-10H,11-12H2,(H,19,20)/p-1. The SMILES string of the molecule is O=C([O-])CCC(=O)N=S(c1ccccc1)c1ccccc1. The molecule has 2 aromatic rings. The van der Waals surface area contributed by atoms with Gasteiger partial charge in [-0.3, -0.25) is 4.79 Å². The molecule has 0 bridgehead atoms. The van der Waals surface area contributed by atoms with Crippen LogP contribution in [0.3, 0.4) is 0 Å². The summed E-state index contributed by atoms with van der Waals surface area (Å²) in [5, 5.41) is 10.4. The number of benzene rings is 2. The topological polar surface area (TPSA) is 69.6 Å². The largest absolute Gasteiger partial charge is 0.550 e. The molecule has 4 nitrogen and oxygen atoms in total. The van der Waals surface area contributed by atoms with Crippen LogP contribution in [0, 0.1) is 0 Å². The number of carbonyl (C=O) groups is 2. The minimum atomic E-state index is -1.24. The molecule has 2 aromatic carbocycles. The van der Waals surface area contributed by atoms with Gasteiger partial charge in [-0.15, -0.1) is 0 Å². The van der Waals surface area contributed by atoms with E-state index in [2.05, 4.69) is 4.36 Å². The van der Waals surface area contributed by atoms with E-state index >= 15 is 0 Å². The second-order valence-electron chi connectivity index (χ2n) is 4.27. The zero-order valence-corrected chi connectivity index (χ0v) is 12.1. The molecule has 0 aliphatic heterocycles. The van der Waals surface area contributed by atoms with Crippen LogP contribution in [0.5, 0.6) is 0 Å². The van der Waals surface area contributed by atoms with Crippen LogP contribution in [-0.4, -0.2) is 11.9 Å². The zero-order chi connectivity index (χ0) is 15.1. The fourth-order valence-corrected chi connectivity index (χ4v) is 3.30. The van der Waals surface area contributed by atoms with Crippen LogP contribution in [0.15, 0.2) is 74.8 Å². The maximum atomic E-state index is 11.9. The van der Waals surface area contributed by atoms with E-state index in [9.17, 15) is 14.7 Å². The number of nitrogens with zero attached hydrogens (tertiary/aromatic N) is 1. The first-order chi connectivity index (χ1) is 10.2. The Hall–Kier alpha value is -2.27. The number of hydrogen-bond donors (Lipinski definition) is 0. The molecule has 0 aliphatic carbocycles. The first kappa shape index (κ1) is 15.1. The molecule has 108 valence electrons. The van der Waals surface area contributed by atoms with Crippen LogP contribution < -0.4 is 5.11 Å². The van der Waals surface area contributed by atoms with Crippen molar-refractivity contribution in [2.24, 2.45) is 4.36 Å². The lowest BCUT2D eigenvalue weighted by atomic mass is 10.3. The van der Waals surface area contributed by atoms with Crippen molar-refractivity contribution in [1.82, 2.24) is 0 Å². The quantitative estimate of drug-likeness (QED) is 0.847. The van der Waals surface area contributed by atoms with E-state index in [-0.39, 0.29) is 12.8 Å². The molecule has 0 fully saturated rings. The maximum Gasteiger partial charge on any atom is 0.252 e. The van der Waals surface area contributed by atoms with Crippen molar-refractivity contribution in [1.29, 1.82) is 0 Å². The van der Waals surface area contributed by atoms with Crippen LogP contribution >= 0.6 is 0 Å². The molecule has 0 atom stereocenters. The highest BCUT2D eigenvalue weighted by Gasteiger charge is 2.08. The van der Waals surface area contributed by atoms with Gasteiger partial charge in [0.05, 0.1) is 0 Å². The monoisotopic (exact) mass is 300 g/mol. The van der Waals surface area contributed by atoms with Crippen LogP contribution in [0.4, 0.5) is 0 Å². The third kappa shape index (κ3) is 4.65. The van der Waals surface area contributed by atoms with Crippen LogP contribution in [0.2, 0.25) is 0 Å². The minimum Gasteiger partial charge on any atom is -0.550 e. The second-order valence-corrected chi connectivity index (χ2v) is 5.96. The van der Waals surface area contributed by atoms with Gasteiger partial charge in [0.2, 0.25) is 0 Å². The lowest BCUT2D eigenvalue weighted by Crippen LogP contribution is -2.22. The van der Waals surface area contributed by atoms with Crippen molar-refractivity contribution in [2.45, 2.75) is 22.6 Å². The van der Waals surface area contributed by atoms with Gasteiger partial charge in [0.1, 0.15) is 0 Å². The van der Waals surface area contributed by atoms with Gasteiger partial charge in [-0.2, -0.15) is 4.36 Å². The first-order valence-corrected chi connectivity index (χ1v) is 7.64. The maximum absolute atomic E-state index is 11.9. The summed E-state index contributed by atoms with van der Waals surface area (Å²) in [6.07, 6.45) is -0.436. The van der Waals surface area contributed by atoms with E-state index in [0.29, 0.717) is 0 Å². The molecule has 0 unspecified atom stereocenters. The summed E-state index contributed by atoms with van der Waals surface area (Å²) in [6.45, 7) is 0. The Bertz CT molecular complexity index is 612. The van der Waals surface area contributed by atoms with Gasteiger partial charge in [-0.25, -0.2) is 0 Å². The van der Waals surface area contributed by atoms with E-state index < -0.39 is 22.6 Å². The normalized spacial score (nSPS) is 10.3. The number of rotatable bonds is 5. The summed E-state index contributed by atoms with van der Waals surface area (Å²) in [6, 6.07) is 19.0. The molecule has 0 saturated heterocycles. The molecule has 0 saturated carbocycles. The van der Waals surface area contributed by atoms with Gasteiger partial charge >= 0.3 is 0 Å². The molecule has 2 rings (SSSR count). The molecule has 0 heterocycles. The Balaban J connectivity index is 2.33. The number of carbonyl (C=O) groups excluding carboxylic acids is 2. The molecule has 0 aliphatic rings. The lowest BCUT2D eigenvalue weighted by Gasteiger charge is -2.08. The van der Waals surface area contributed by atoms with Crippen LogP contribution in [0.25, 0.3) is 0 Å². The third-order valence-corrected chi connectivity index (χ3v) is 4.49. The molecule has 0 spiro atoms. The molecule has 0 aromatic heterocycles. The fraction of sp³-hybridized carbons (Fsp3) is 0.125. The summed E-state index contributed by atoms with van der Waals surface area (Å²) < 4.78 is 4.19. The summed E-state index contributed by atoms with van der Waals surface area (Å²) >= 11 is 0. The van der Waals surface area contributed by atoms with Gasteiger partial charge in [0.25, 0.3) is 5.91 Å². The van der Waals surface area contributed by atoms with Gasteiger partial charge in [-0.1, -0.05) is 36.4 Å². The Kier molecular flexibility index (Phi) is 5.40. The van der Waals surface area contributed by atoms with Crippen molar-refractivity contribution in [3.8, 4) is 0 Å². The fourth-order valence-electron chi connectivity index (χ4n) is 1.70. The number of aliphatic carboxylic acids is 1. The minimum absolute atomic E-state index is 0.133. The van der Waals surface area contributed by atoms with Crippen LogP contribution in [0.1, 0.15) is 12.8 Å². The molecule has 5 heteroatoms. The lowest BCUT2D eigenvalue weighted by molar-refractivity contribution is -0.305. The number of hydrogen-bond acceptors (Lipinski definition) is 3. The van der Waals surface area contributed by atoms with E-state index in [1.54, 1.807) is 0 Å². The summed E-state index contributed by atoms with van der Waals surface area (Å²) in [5.74, 6) is -1.66. The van der Waals surface area contributed by atoms with Gasteiger partial charge in [-0.05, 0) is 41.4 Å². The molecular formula is C16H14NO3S-. The predicted octanol–water partition coefficient (Wildman–Crippen LogP) is 1.96.